The van der Waals surface area contributed by atoms with Crippen LogP contribution in [0.3, 0.4) is 0 Å². The molecule has 0 aliphatic carbocycles. The zero-order valence-corrected chi connectivity index (χ0v) is 19.2. The van der Waals surface area contributed by atoms with Crippen molar-refractivity contribution in [2.75, 3.05) is 11.6 Å². The predicted octanol–water partition coefficient (Wildman–Crippen LogP) is 0.750. The number of rotatable bonds is 9. The standard InChI is InChI=1S/C20H25N5O5S2/c1-20(2)16(18(29)30)25(11-32-20)17(28)15(27)13(8-12-6-4-3-5-7-12)23-14(26)9-31-19-21-10-22-24-19/h3-7,10,13,15-16,27H,8-9,11H2,1-2H3,(H,23,26)(H,29,30)(H,21,22,24)/t13-,15-,16+/m0/s1. The van der Waals surface area contributed by atoms with Crippen molar-refractivity contribution in [2.45, 2.75) is 48.4 Å². The lowest BCUT2D eigenvalue weighted by atomic mass is 9.97. The zero-order valence-electron chi connectivity index (χ0n) is 17.6. The minimum absolute atomic E-state index is 0.00570. The molecule has 4 N–H and O–H groups in total. The lowest BCUT2D eigenvalue weighted by Crippen LogP contribution is -2.57. The number of hydrogen-bond donors (Lipinski definition) is 4. The summed E-state index contributed by atoms with van der Waals surface area (Å²) < 4.78 is -0.701. The second-order valence-electron chi connectivity index (χ2n) is 7.81. The fourth-order valence-corrected chi connectivity index (χ4v) is 5.21. The van der Waals surface area contributed by atoms with Gasteiger partial charge in [-0.3, -0.25) is 14.7 Å². The van der Waals surface area contributed by atoms with E-state index in [4.69, 9.17) is 0 Å². The van der Waals surface area contributed by atoms with Crippen LogP contribution in [0, 0.1) is 0 Å². The Morgan fingerprint density at radius 2 is 2.06 bits per heavy atom. The van der Waals surface area contributed by atoms with E-state index < -0.39 is 40.7 Å². The Morgan fingerprint density at radius 1 is 1.34 bits per heavy atom. The first-order valence-corrected chi connectivity index (χ1v) is 11.8. The van der Waals surface area contributed by atoms with Gasteiger partial charge in [0.15, 0.2) is 11.3 Å². The van der Waals surface area contributed by atoms with Gasteiger partial charge in [-0.1, -0.05) is 42.1 Å². The molecule has 1 aliphatic rings. The number of aliphatic carboxylic acids is 1. The number of aliphatic hydroxyl groups is 1. The Kier molecular flexibility index (Phi) is 7.80. The molecule has 0 saturated carbocycles. The molecule has 3 rings (SSSR count). The molecule has 2 aromatic rings. The predicted molar refractivity (Wildman–Crippen MR) is 120 cm³/mol. The molecule has 2 heterocycles. The molecule has 0 spiro atoms. The number of aromatic nitrogens is 3. The van der Waals surface area contributed by atoms with Crippen LogP contribution in [-0.4, -0.2) is 82.6 Å². The van der Waals surface area contributed by atoms with Crippen LogP contribution in [0.4, 0.5) is 0 Å². The fraction of sp³-hybridized carbons (Fsp3) is 0.450. The molecule has 32 heavy (non-hydrogen) atoms. The van der Waals surface area contributed by atoms with Crippen LogP contribution in [0.15, 0.2) is 41.8 Å². The van der Waals surface area contributed by atoms with Crippen molar-refractivity contribution in [1.82, 2.24) is 25.4 Å². The zero-order chi connectivity index (χ0) is 23.3. The second-order valence-corrected chi connectivity index (χ2v) is 10.4. The SMILES string of the molecule is CC1(C)SCN(C(=O)[C@@H](O)[C@H](Cc2ccccc2)NC(=O)CSc2ncn[nH]2)[C@@H]1C(=O)O. The lowest BCUT2D eigenvalue weighted by molar-refractivity contribution is -0.154. The van der Waals surface area contributed by atoms with Crippen LogP contribution < -0.4 is 5.32 Å². The number of aromatic amines is 1. The molecule has 172 valence electrons. The summed E-state index contributed by atoms with van der Waals surface area (Å²) in [5.41, 5.74) is 0.818. The molecule has 1 fully saturated rings. The van der Waals surface area contributed by atoms with Crippen molar-refractivity contribution in [2.24, 2.45) is 0 Å². The molecule has 3 atom stereocenters. The molecule has 10 nitrogen and oxygen atoms in total. The summed E-state index contributed by atoms with van der Waals surface area (Å²) in [6.45, 7) is 3.50. The third kappa shape index (κ3) is 5.81. The maximum atomic E-state index is 13.1. The van der Waals surface area contributed by atoms with Crippen LogP contribution in [0.2, 0.25) is 0 Å². The highest BCUT2D eigenvalue weighted by Gasteiger charge is 2.50. The number of nitrogens with one attached hydrogen (secondary N) is 2. The van der Waals surface area contributed by atoms with Gasteiger partial charge in [-0.15, -0.1) is 11.8 Å². The van der Waals surface area contributed by atoms with E-state index in [1.165, 1.54) is 23.0 Å². The number of nitrogens with zero attached hydrogens (tertiary/aromatic N) is 3. The third-order valence-electron chi connectivity index (χ3n) is 5.07. The summed E-state index contributed by atoms with van der Waals surface area (Å²) in [7, 11) is 0. The van der Waals surface area contributed by atoms with Gasteiger partial charge in [0.2, 0.25) is 5.91 Å². The quantitative estimate of drug-likeness (QED) is 0.382. The topological polar surface area (TPSA) is 149 Å². The Labute approximate surface area is 193 Å². The number of aliphatic hydroxyl groups excluding tert-OH is 1. The first kappa shape index (κ1) is 24.1. The van der Waals surface area contributed by atoms with E-state index in [0.29, 0.717) is 5.16 Å². The maximum absolute atomic E-state index is 13.1. The number of thioether (sulfide) groups is 2. The smallest absolute Gasteiger partial charge is 0.327 e. The number of amides is 2. The van der Waals surface area contributed by atoms with E-state index in [-0.39, 0.29) is 18.1 Å². The van der Waals surface area contributed by atoms with E-state index in [2.05, 4.69) is 20.5 Å². The normalized spacial score (nSPS) is 19.3. The largest absolute Gasteiger partial charge is 0.480 e. The first-order chi connectivity index (χ1) is 15.2. The summed E-state index contributed by atoms with van der Waals surface area (Å²) in [4.78, 5) is 42.6. The van der Waals surface area contributed by atoms with Gasteiger partial charge in [0.25, 0.3) is 5.91 Å². The summed E-state index contributed by atoms with van der Waals surface area (Å²) >= 11 is 2.47. The van der Waals surface area contributed by atoms with Gasteiger partial charge in [0.1, 0.15) is 12.4 Å². The molecule has 12 heteroatoms. The van der Waals surface area contributed by atoms with E-state index in [1.54, 1.807) is 13.8 Å². The van der Waals surface area contributed by atoms with E-state index in [9.17, 15) is 24.6 Å². The minimum Gasteiger partial charge on any atom is -0.480 e. The van der Waals surface area contributed by atoms with Crippen LogP contribution in [-0.2, 0) is 20.8 Å². The highest BCUT2D eigenvalue weighted by molar-refractivity contribution is 8.01. The summed E-state index contributed by atoms with van der Waals surface area (Å²) in [5.74, 6) is -2.10. The van der Waals surface area contributed by atoms with Crippen LogP contribution >= 0.6 is 23.5 Å². The highest BCUT2D eigenvalue weighted by Crippen LogP contribution is 2.39. The van der Waals surface area contributed by atoms with Gasteiger partial charge in [0, 0.05) is 4.75 Å². The second kappa shape index (κ2) is 10.4. The molecule has 0 unspecified atom stereocenters. The molecule has 0 bridgehead atoms. The summed E-state index contributed by atoms with van der Waals surface area (Å²) in [5, 5.41) is 30.1. The lowest BCUT2D eigenvalue weighted by Gasteiger charge is -2.31. The Balaban J connectivity index is 1.74. The van der Waals surface area contributed by atoms with E-state index in [1.807, 2.05) is 30.3 Å². The molecule has 1 saturated heterocycles. The van der Waals surface area contributed by atoms with E-state index in [0.717, 1.165) is 17.3 Å². The highest BCUT2D eigenvalue weighted by atomic mass is 32.2. The summed E-state index contributed by atoms with van der Waals surface area (Å²) in [6, 6.07) is 7.13. The number of hydrogen-bond acceptors (Lipinski definition) is 8. The fourth-order valence-electron chi connectivity index (χ4n) is 3.48. The number of carboxylic acid groups (broad SMARTS) is 1. The van der Waals surface area contributed by atoms with Gasteiger partial charge in [-0.25, -0.2) is 9.78 Å². The van der Waals surface area contributed by atoms with Crippen LogP contribution in [0.5, 0.6) is 0 Å². The van der Waals surface area contributed by atoms with E-state index >= 15 is 0 Å². The van der Waals surface area contributed by atoms with Gasteiger partial charge in [-0.05, 0) is 25.8 Å². The first-order valence-electron chi connectivity index (χ1n) is 9.86. The molecular formula is C20H25N5O5S2. The monoisotopic (exact) mass is 479 g/mol. The van der Waals surface area contributed by atoms with Gasteiger partial charge in [-0.2, -0.15) is 5.10 Å². The van der Waals surface area contributed by atoms with Crippen LogP contribution in [0.25, 0.3) is 0 Å². The summed E-state index contributed by atoms with van der Waals surface area (Å²) in [6.07, 6.45) is -0.0741. The van der Waals surface area contributed by atoms with Gasteiger partial charge in [0.05, 0.1) is 17.7 Å². The van der Waals surface area contributed by atoms with Crippen molar-refractivity contribution in [3.05, 3.63) is 42.2 Å². The third-order valence-corrected chi connectivity index (χ3v) is 7.33. The number of benzene rings is 1. The van der Waals surface area contributed by atoms with Crippen molar-refractivity contribution in [1.29, 1.82) is 0 Å². The number of carbonyl (C=O) groups excluding carboxylic acids is 2. The van der Waals surface area contributed by atoms with Gasteiger partial charge >= 0.3 is 5.97 Å². The molecule has 0 radical (unpaired) electrons. The van der Waals surface area contributed by atoms with Crippen molar-refractivity contribution in [3.8, 4) is 0 Å². The molecule has 1 aliphatic heterocycles. The molecule has 2 amide bonds. The van der Waals surface area contributed by atoms with Crippen molar-refractivity contribution >= 4 is 41.3 Å². The van der Waals surface area contributed by atoms with Gasteiger partial charge < -0.3 is 20.4 Å². The molecule has 1 aromatic heterocycles. The number of H-pyrrole nitrogens is 1. The number of carboxylic acids is 1. The average Bonchev–Trinajstić information content (AvgIpc) is 3.38. The molecular weight excluding hydrogens is 454 g/mol. The number of carbonyl (C=O) groups is 3. The van der Waals surface area contributed by atoms with Crippen molar-refractivity contribution < 1.29 is 24.6 Å². The van der Waals surface area contributed by atoms with Crippen molar-refractivity contribution in [3.63, 3.8) is 0 Å². The average molecular weight is 480 g/mol. The Hall–Kier alpha value is -2.57. The van der Waals surface area contributed by atoms with Crippen LogP contribution in [0.1, 0.15) is 19.4 Å². The maximum Gasteiger partial charge on any atom is 0.327 e. The Bertz CT molecular complexity index is 941. The minimum atomic E-state index is -1.61. The molecule has 1 aromatic carbocycles. The Morgan fingerprint density at radius 3 is 2.69 bits per heavy atom.